The monoisotopic (exact) mass is 1010 g/mol. The zero-order valence-corrected chi connectivity index (χ0v) is 36.7. The van der Waals surface area contributed by atoms with Gasteiger partial charge in [-0.1, -0.05) is 145 Å². The van der Waals surface area contributed by atoms with Crippen molar-refractivity contribution in [1.29, 1.82) is 0 Å². The summed E-state index contributed by atoms with van der Waals surface area (Å²) in [5.41, 5.74) is 5.78. The Balaban J connectivity index is 0.000000210. The summed E-state index contributed by atoms with van der Waals surface area (Å²) >= 11 is 1.85. The summed E-state index contributed by atoms with van der Waals surface area (Å²) in [6, 6.07) is 69.3. The van der Waals surface area contributed by atoms with Crippen molar-refractivity contribution >= 4 is 102 Å². The largest absolute Gasteiger partial charge is 0.332 e. The fourth-order valence-corrected chi connectivity index (χ4v) is 10.3. The number of aryl methyl sites for hydroxylation is 2. The Kier molecular flexibility index (Phi) is 8.15. The van der Waals surface area contributed by atoms with E-state index < -0.39 is 13.7 Å². The van der Waals surface area contributed by atoms with Crippen LogP contribution in [-0.4, -0.2) is 14.4 Å². The molecule has 0 fully saturated rings. The maximum absolute atomic E-state index is 7.28. The fourth-order valence-electron chi connectivity index (χ4n) is 9.09. The van der Waals surface area contributed by atoms with Crippen LogP contribution in [0.5, 0.6) is 0 Å². The molecule has 301 valence electrons. The Labute approximate surface area is 390 Å². The molecule has 0 aliphatic carbocycles. The molecule has 0 bridgehead atoms. The summed E-state index contributed by atoms with van der Waals surface area (Å²) in [5, 5.41) is 14.9. The molecule has 1 radical (unpaired) electrons. The third kappa shape index (κ3) is 6.51. The van der Waals surface area contributed by atoms with E-state index in [-0.39, 0.29) is 31.2 Å². The van der Waals surface area contributed by atoms with Crippen molar-refractivity contribution in [3.05, 3.63) is 211 Å². The van der Waals surface area contributed by atoms with Crippen LogP contribution < -0.4 is 0 Å². The van der Waals surface area contributed by atoms with E-state index in [0.29, 0.717) is 11.3 Å². The van der Waals surface area contributed by atoms with Gasteiger partial charge in [0.2, 0.25) is 0 Å². The average molecular weight is 1010 g/mol. The Morgan fingerprint density at radius 2 is 1.22 bits per heavy atom. The number of para-hydroxylation sites is 2. The van der Waals surface area contributed by atoms with E-state index in [4.69, 9.17) is 13.2 Å². The van der Waals surface area contributed by atoms with Crippen molar-refractivity contribution in [2.24, 2.45) is 0 Å². The third-order valence-electron chi connectivity index (χ3n) is 11.9. The number of imidazole rings is 1. The Hall–Kier alpha value is -7.01. The first-order valence-electron chi connectivity index (χ1n) is 23.5. The van der Waals surface area contributed by atoms with E-state index in [1.807, 2.05) is 11.3 Å². The molecule has 0 aliphatic heterocycles. The summed E-state index contributed by atoms with van der Waals surface area (Å²) in [4.78, 5) is 9.53. The van der Waals surface area contributed by atoms with Crippen LogP contribution in [0.15, 0.2) is 188 Å². The van der Waals surface area contributed by atoms with Gasteiger partial charge in [-0.15, -0.1) is 53.6 Å². The normalized spacial score (nSPS) is 13.3. The van der Waals surface area contributed by atoms with Gasteiger partial charge >= 0.3 is 0 Å². The minimum Gasteiger partial charge on any atom is -0.332 e. The van der Waals surface area contributed by atoms with Gasteiger partial charge in [-0.2, -0.15) is 11.3 Å². The molecule has 0 atom stereocenters. The van der Waals surface area contributed by atoms with Crippen molar-refractivity contribution in [3.63, 3.8) is 0 Å². The quantitative estimate of drug-likeness (QED) is 0.128. The van der Waals surface area contributed by atoms with Gasteiger partial charge in [-0.05, 0) is 95.6 Å². The van der Waals surface area contributed by atoms with Gasteiger partial charge in [0.05, 0.1) is 16.9 Å². The van der Waals surface area contributed by atoms with Crippen LogP contribution in [-0.2, 0) is 20.1 Å². The number of nitrogens with zero attached hydrogens (tertiary/aromatic N) is 3. The predicted molar refractivity (Wildman–Crippen MR) is 264 cm³/mol. The molecule has 5 heteroatoms. The summed E-state index contributed by atoms with van der Waals surface area (Å²) in [6.45, 7) is -4.34. The summed E-state index contributed by atoms with van der Waals surface area (Å²) in [5.74, 6) is 0.911. The molecule has 63 heavy (non-hydrogen) atoms. The standard InChI is InChI=1S/C45H25N2S.C13H12N.Ir/c1-2-12-29-27(11-1)23-24-28-25-39-36-19-9-20-37(44(36)48-42(39)26-38(28)29)45-46-40-21-10-18-35-33-16-6-4-14-31(33)30-13-3-5-15-32(30)34-17-7-8-22-41(34)47(45)43(35)40;1-10-3-6-12(7-4-10)13-8-5-11(2)9-14-13;/h1-19,21-26H;3-6,8-9H,1-2H3;/q2*-1;/i;1D3,2D3;. The first-order chi connectivity index (χ1) is 33.0. The summed E-state index contributed by atoms with van der Waals surface area (Å²) in [7, 11) is 0. The first-order valence-corrected chi connectivity index (χ1v) is 21.3. The zero-order chi connectivity index (χ0) is 46.3. The first kappa shape index (κ1) is 32.7. The van der Waals surface area contributed by atoms with E-state index in [0.717, 1.165) is 27.9 Å². The third-order valence-corrected chi connectivity index (χ3v) is 13.1. The predicted octanol–water partition coefficient (Wildman–Crippen LogP) is 15.8. The number of rotatable bonds is 2. The molecular weight excluding hydrogens is 963 g/mol. The maximum Gasteiger partial charge on any atom is 0.0780 e. The Bertz CT molecular complexity index is 4120. The van der Waals surface area contributed by atoms with Gasteiger partial charge in [0.25, 0.3) is 0 Å². The SMILES string of the molecule is [2H]C([2H])([2H])c1c[c-]c(-c2ccc(C([2H])([2H])[2H])cn2)cc1.[Ir].[c-]1ccc2c(sc3cc4c(ccc5ccccc54)cc32)c1-c1nc2cccc3c4ccccc4c4ccccc4c4ccccc4n1c23. The Morgan fingerprint density at radius 1 is 0.540 bits per heavy atom. The molecule has 0 amide bonds. The molecule has 13 aromatic rings. The molecule has 0 N–H and O–H groups in total. The summed E-state index contributed by atoms with van der Waals surface area (Å²) in [6.07, 6.45) is 1.30. The second kappa shape index (κ2) is 15.7. The van der Waals surface area contributed by atoms with Crippen LogP contribution in [0.1, 0.15) is 19.4 Å². The maximum atomic E-state index is 7.28. The van der Waals surface area contributed by atoms with Crippen molar-refractivity contribution in [3.8, 4) is 22.6 Å². The van der Waals surface area contributed by atoms with Crippen LogP contribution in [0.25, 0.3) is 113 Å². The van der Waals surface area contributed by atoms with Crippen molar-refractivity contribution in [2.75, 3.05) is 0 Å². The van der Waals surface area contributed by atoms with E-state index in [9.17, 15) is 0 Å². The molecule has 13 rings (SSSR count). The summed E-state index contributed by atoms with van der Waals surface area (Å²) < 4.78 is 48.5. The van der Waals surface area contributed by atoms with E-state index >= 15 is 0 Å². The van der Waals surface area contributed by atoms with Gasteiger partial charge in [-0.3, -0.25) is 4.98 Å². The number of hydrogen-bond donors (Lipinski definition) is 0. The Morgan fingerprint density at radius 3 is 1.97 bits per heavy atom. The topological polar surface area (TPSA) is 30.2 Å². The van der Waals surface area contributed by atoms with Crippen LogP contribution in [0, 0.1) is 25.8 Å². The minimum atomic E-state index is -2.18. The molecule has 0 unspecified atom stereocenters. The molecule has 3 nitrogen and oxygen atoms in total. The molecule has 4 aromatic heterocycles. The van der Waals surface area contributed by atoms with Gasteiger partial charge < -0.3 is 9.38 Å². The van der Waals surface area contributed by atoms with Crippen LogP contribution in [0.3, 0.4) is 0 Å². The van der Waals surface area contributed by atoms with Gasteiger partial charge in [0.15, 0.2) is 0 Å². The van der Waals surface area contributed by atoms with Crippen molar-refractivity contribution in [1.82, 2.24) is 14.4 Å². The van der Waals surface area contributed by atoms with Gasteiger partial charge in [0, 0.05) is 55.5 Å². The number of thiophene rings is 1. The fraction of sp³-hybridized carbons (Fsp3) is 0.0345. The molecule has 4 heterocycles. The number of fused-ring (bicyclic) bond motifs is 13. The van der Waals surface area contributed by atoms with Crippen LogP contribution in [0.4, 0.5) is 0 Å². The van der Waals surface area contributed by atoms with E-state index in [2.05, 4.69) is 173 Å². The van der Waals surface area contributed by atoms with Crippen molar-refractivity contribution < 1.29 is 28.3 Å². The molecule has 0 saturated carbocycles. The number of aromatic nitrogens is 3. The second-order valence-corrected chi connectivity index (χ2v) is 16.6. The molecular formula is C58H37IrN3S-2. The smallest absolute Gasteiger partial charge is 0.0780 e. The van der Waals surface area contributed by atoms with Gasteiger partial charge in [-0.25, -0.2) is 0 Å². The molecule has 0 aliphatic rings. The second-order valence-electron chi connectivity index (χ2n) is 15.5. The minimum absolute atomic E-state index is 0. The van der Waals surface area contributed by atoms with E-state index in [1.54, 1.807) is 12.1 Å². The molecule has 0 saturated heterocycles. The molecule has 0 spiro atoms. The number of pyridine rings is 1. The van der Waals surface area contributed by atoms with Crippen LogP contribution in [0.2, 0.25) is 0 Å². The van der Waals surface area contributed by atoms with Crippen LogP contribution >= 0.6 is 11.3 Å². The molecule has 9 aromatic carbocycles. The van der Waals surface area contributed by atoms with Gasteiger partial charge in [0.1, 0.15) is 0 Å². The average Bonchev–Trinajstić information content (AvgIpc) is 3.95. The van der Waals surface area contributed by atoms with Crippen molar-refractivity contribution in [2.45, 2.75) is 13.7 Å². The zero-order valence-electron chi connectivity index (χ0n) is 39.5. The number of benzene rings is 9. The van der Waals surface area contributed by atoms with E-state index in [1.165, 1.54) is 98.4 Å². The number of hydrogen-bond acceptors (Lipinski definition) is 3.